The molecule has 2 atom stereocenters. The van der Waals surface area contributed by atoms with Gasteiger partial charge in [0.05, 0.1) is 0 Å². The first kappa shape index (κ1) is 25.9. The molecule has 2 aliphatic rings. The van der Waals surface area contributed by atoms with Gasteiger partial charge in [-0.05, 0) is 0 Å². The van der Waals surface area contributed by atoms with Crippen LogP contribution >= 0.6 is 24.8 Å². The van der Waals surface area contributed by atoms with E-state index in [1.54, 1.807) is 22.3 Å². The van der Waals surface area contributed by atoms with Crippen LogP contribution in [0, 0.1) is 27.7 Å². The number of hydrogen-bond donors (Lipinski definition) is 0. The summed E-state index contributed by atoms with van der Waals surface area (Å²) in [5, 5.41) is 0. The molecule has 0 aromatic heterocycles. The molecule has 0 amide bonds. The molecule has 30 heavy (non-hydrogen) atoms. The molecule has 0 saturated heterocycles. The molecule has 0 fully saturated rings. The molecule has 2 aliphatic carbocycles. The van der Waals surface area contributed by atoms with Gasteiger partial charge in [-0.25, -0.2) is 0 Å². The number of allylic oxidation sites excluding steroid dienone is 2. The standard InChI is InChI=1S/2C12H13.2CH3.2ClH.H2Si.Zr/c2*1-8-4-10(3)12-7-9(2)6-11(12)5-8;;;;;;/h2*4-7H,1-3H3;2*1H3;2*1H;1H2;. The predicted octanol–water partition coefficient (Wildman–Crippen LogP) is 7.71. The Kier molecular flexibility index (Phi) is 7.05. The van der Waals surface area contributed by atoms with Gasteiger partial charge in [-0.3, -0.25) is 0 Å². The Morgan fingerprint density at radius 2 is 0.967 bits per heavy atom. The van der Waals surface area contributed by atoms with Crippen LogP contribution in [-0.4, -0.2) is 6.88 Å². The van der Waals surface area contributed by atoms with Gasteiger partial charge in [0.2, 0.25) is 0 Å². The van der Waals surface area contributed by atoms with Crippen LogP contribution in [0.4, 0.5) is 0 Å². The molecule has 2 aromatic carbocycles. The van der Waals surface area contributed by atoms with E-state index >= 15 is 0 Å². The van der Waals surface area contributed by atoms with Crippen molar-refractivity contribution in [1.82, 2.24) is 0 Å². The Labute approximate surface area is 197 Å². The second-order valence-electron chi connectivity index (χ2n) is 10.7. The molecule has 0 bridgehead atoms. The fourth-order valence-electron chi connectivity index (χ4n) is 6.69. The monoisotopic (exact) mass is 536 g/mol. The number of hydrogen-bond acceptors (Lipinski definition) is 0. The van der Waals surface area contributed by atoms with Gasteiger partial charge >= 0.3 is 174 Å². The zero-order valence-electron chi connectivity index (χ0n) is 19.6. The van der Waals surface area contributed by atoms with Gasteiger partial charge in [0.1, 0.15) is 0 Å². The van der Waals surface area contributed by atoms with E-state index in [1.807, 2.05) is 0 Å². The minimum Gasteiger partial charge on any atom is -0.147 e. The van der Waals surface area contributed by atoms with Crippen LogP contribution in [0.3, 0.4) is 0 Å². The molecule has 0 radical (unpaired) electrons. The van der Waals surface area contributed by atoms with Crippen molar-refractivity contribution >= 4 is 43.8 Å². The summed E-state index contributed by atoms with van der Waals surface area (Å²) in [5.41, 5.74) is 15.1. The van der Waals surface area contributed by atoms with Crippen LogP contribution in [-0.2, 0) is 17.4 Å². The summed E-state index contributed by atoms with van der Waals surface area (Å²) in [5.74, 6) is 0. The summed E-state index contributed by atoms with van der Waals surface area (Å²) in [7, 11) is 0. The van der Waals surface area contributed by atoms with Crippen LogP contribution in [0.1, 0.15) is 65.6 Å². The zero-order chi connectivity index (χ0) is 20.6. The summed E-state index contributed by atoms with van der Waals surface area (Å²) >= 11 is -3.28. The fourth-order valence-corrected chi connectivity index (χ4v) is 27.9. The summed E-state index contributed by atoms with van der Waals surface area (Å²) < 4.78 is 6.72. The second kappa shape index (κ2) is 8.18. The van der Waals surface area contributed by atoms with Crippen molar-refractivity contribution in [3.8, 4) is 0 Å². The molecular formula is C26H36Cl2SiZr. The average molecular weight is 539 g/mol. The Bertz CT molecular complexity index is 1080. The Hall–Kier alpha value is -0.400. The smallest absolute Gasteiger partial charge is 0.147 e. The first-order valence-corrected chi connectivity index (χ1v) is 24.2. The summed E-state index contributed by atoms with van der Waals surface area (Å²) in [6.07, 6.45) is 5.00. The maximum Gasteiger partial charge on any atom is -0.147 e. The third kappa shape index (κ3) is 3.81. The van der Waals surface area contributed by atoms with Crippen molar-refractivity contribution in [2.75, 3.05) is 0 Å². The summed E-state index contributed by atoms with van der Waals surface area (Å²) in [4.78, 5) is 0. The van der Waals surface area contributed by atoms with E-state index in [0.29, 0.717) is 7.25 Å². The number of fused-ring (bicyclic) bond motifs is 2. The van der Waals surface area contributed by atoms with E-state index in [2.05, 4.69) is 94.1 Å². The minimum atomic E-state index is -3.28. The van der Waals surface area contributed by atoms with Gasteiger partial charge in [0.25, 0.3) is 0 Å². The summed E-state index contributed by atoms with van der Waals surface area (Å²) in [6.45, 7) is 16.3. The second-order valence-corrected chi connectivity index (χ2v) is 41.2. The van der Waals surface area contributed by atoms with E-state index in [-0.39, 0.29) is 24.8 Å². The van der Waals surface area contributed by atoms with Crippen LogP contribution in [0.15, 0.2) is 35.4 Å². The average Bonchev–Trinajstić information content (AvgIpc) is 3.04. The molecule has 4 heteroatoms. The maximum absolute atomic E-state index is 3.28. The number of rotatable bonds is 2. The van der Waals surface area contributed by atoms with Crippen LogP contribution in [0.2, 0.25) is 9.26 Å². The van der Waals surface area contributed by atoms with Gasteiger partial charge < -0.3 is 0 Å². The number of benzene rings is 2. The third-order valence-corrected chi connectivity index (χ3v) is 25.2. The SMILES string of the molecule is CC1=Cc2c(C)cc(C)cc2[CH]1[Zr]([CH3])([CH3])(=[SiH2])[CH]1C(C)=Cc2c(C)cc(C)cc21.Cl.Cl. The Balaban J connectivity index is 0.00000160. The number of aryl methyl sites for hydroxylation is 4. The van der Waals surface area contributed by atoms with Crippen molar-refractivity contribution < 1.29 is 17.4 Å². The van der Waals surface area contributed by atoms with Crippen LogP contribution in [0.25, 0.3) is 12.2 Å². The topological polar surface area (TPSA) is 0 Å². The van der Waals surface area contributed by atoms with Crippen molar-refractivity contribution in [2.24, 2.45) is 0 Å². The summed E-state index contributed by atoms with van der Waals surface area (Å²) in [6, 6.07) is 9.68. The van der Waals surface area contributed by atoms with Gasteiger partial charge in [0.15, 0.2) is 0 Å². The van der Waals surface area contributed by atoms with Crippen molar-refractivity contribution in [2.45, 2.75) is 58.1 Å². The molecule has 0 heterocycles. The first-order chi connectivity index (χ1) is 12.9. The maximum atomic E-state index is 2.73. The fraction of sp³-hybridized carbons (Fsp3) is 0.385. The third-order valence-electron chi connectivity index (χ3n) is 7.30. The molecule has 0 spiro atoms. The Morgan fingerprint density at radius 3 is 1.30 bits per heavy atom. The van der Waals surface area contributed by atoms with E-state index < -0.39 is 17.4 Å². The van der Waals surface area contributed by atoms with E-state index in [4.69, 9.17) is 0 Å². The molecule has 0 N–H and O–H groups in total. The largest absolute Gasteiger partial charge is 0.147 e. The molecule has 4 rings (SSSR count). The van der Waals surface area contributed by atoms with Crippen LogP contribution < -0.4 is 0 Å². The van der Waals surface area contributed by atoms with Crippen molar-refractivity contribution in [1.29, 1.82) is 0 Å². The zero-order valence-corrected chi connectivity index (χ0v) is 25.1. The molecule has 0 saturated carbocycles. The van der Waals surface area contributed by atoms with E-state index in [0.717, 1.165) is 0 Å². The molecule has 2 unspecified atom stereocenters. The van der Waals surface area contributed by atoms with E-state index in [1.165, 1.54) is 33.4 Å². The van der Waals surface area contributed by atoms with Gasteiger partial charge in [-0.1, -0.05) is 0 Å². The molecule has 162 valence electrons. The molecule has 2 aromatic rings. The quantitative estimate of drug-likeness (QED) is 0.344. The molecule has 0 aliphatic heterocycles. The number of halogens is 2. The van der Waals surface area contributed by atoms with Crippen molar-refractivity contribution in [3.63, 3.8) is 0 Å². The van der Waals surface area contributed by atoms with Crippen molar-refractivity contribution in [3.05, 3.63) is 79.9 Å². The normalized spacial score (nSPS) is 19.9. The van der Waals surface area contributed by atoms with Gasteiger partial charge in [0, 0.05) is 0 Å². The molecular weight excluding hydrogens is 503 g/mol. The van der Waals surface area contributed by atoms with E-state index in [9.17, 15) is 0 Å². The van der Waals surface area contributed by atoms with Gasteiger partial charge in [-0.2, -0.15) is 0 Å². The Morgan fingerprint density at radius 1 is 0.633 bits per heavy atom. The first-order valence-electron chi connectivity index (χ1n) is 10.5. The van der Waals surface area contributed by atoms with Crippen LogP contribution in [0.5, 0.6) is 0 Å². The predicted molar refractivity (Wildman–Crippen MR) is 139 cm³/mol. The van der Waals surface area contributed by atoms with Gasteiger partial charge in [-0.15, -0.1) is 24.8 Å². The molecule has 0 nitrogen and oxygen atoms in total. The minimum absolute atomic E-state index is 0.